The quantitative estimate of drug-likeness (QED) is 0.755. The van der Waals surface area contributed by atoms with Gasteiger partial charge in [-0.1, -0.05) is 25.1 Å². The van der Waals surface area contributed by atoms with E-state index in [2.05, 4.69) is 43.2 Å². The van der Waals surface area contributed by atoms with Crippen LogP contribution >= 0.6 is 0 Å². The highest BCUT2D eigenvalue weighted by molar-refractivity contribution is 5.21. The highest BCUT2D eigenvalue weighted by Gasteiger charge is 2.21. The minimum absolute atomic E-state index is 0.0440. The molecule has 0 amide bonds. The molecule has 4 heteroatoms. The number of hydrogen-bond donors (Lipinski definition) is 1. The van der Waals surface area contributed by atoms with Crippen LogP contribution in [0.3, 0.4) is 0 Å². The highest BCUT2D eigenvalue weighted by Crippen LogP contribution is 2.24. The van der Waals surface area contributed by atoms with Crippen molar-refractivity contribution in [3.63, 3.8) is 0 Å². The molecule has 1 rings (SSSR count). The Kier molecular flexibility index (Phi) is 7.86. The highest BCUT2D eigenvalue weighted by atomic mass is 19.1. The Bertz CT molecular complexity index is 409. The first-order valence-electron chi connectivity index (χ1n) is 7.70. The van der Waals surface area contributed by atoms with Gasteiger partial charge >= 0.3 is 0 Å². The maximum atomic E-state index is 14.0. The molecule has 21 heavy (non-hydrogen) atoms. The molecule has 1 aromatic rings. The standard InChI is InChI=1S/C17H30FN3/c1-14(13-21(5)12-8-11-20(3)4)17(19-2)15-9-6-7-10-16(15)18/h6-7,9-10,14,17,19H,8,11-13H2,1-5H3. The number of halogens is 1. The van der Waals surface area contributed by atoms with Gasteiger partial charge in [0.25, 0.3) is 0 Å². The van der Waals surface area contributed by atoms with E-state index in [0.29, 0.717) is 5.92 Å². The number of rotatable bonds is 9. The smallest absolute Gasteiger partial charge is 0.127 e. The average Bonchev–Trinajstić information content (AvgIpc) is 2.41. The van der Waals surface area contributed by atoms with Crippen LogP contribution in [0.4, 0.5) is 4.39 Å². The van der Waals surface area contributed by atoms with Crippen LogP contribution in [0.5, 0.6) is 0 Å². The molecule has 3 nitrogen and oxygen atoms in total. The zero-order chi connectivity index (χ0) is 15.8. The van der Waals surface area contributed by atoms with E-state index in [0.717, 1.165) is 31.6 Å². The van der Waals surface area contributed by atoms with E-state index in [4.69, 9.17) is 0 Å². The topological polar surface area (TPSA) is 18.5 Å². The van der Waals surface area contributed by atoms with Crippen molar-refractivity contribution in [2.75, 3.05) is 47.8 Å². The minimum atomic E-state index is -0.126. The lowest BCUT2D eigenvalue weighted by molar-refractivity contribution is 0.238. The van der Waals surface area contributed by atoms with Gasteiger partial charge < -0.3 is 15.1 Å². The van der Waals surface area contributed by atoms with Crippen LogP contribution in [0.1, 0.15) is 24.9 Å². The van der Waals surface area contributed by atoms with Crippen molar-refractivity contribution in [3.8, 4) is 0 Å². The van der Waals surface area contributed by atoms with Gasteiger partial charge in [0, 0.05) is 18.2 Å². The van der Waals surface area contributed by atoms with Crippen LogP contribution in [0, 0.1) is 11.7 Å². The second-order valence-electron chi connectivity index (χ2n) is 6.18. The molecule has 0 fully saturated rings. The third-order valence-electron chi connectivity index (χ3n) is 3.87. The molecule has 0 radical (unpaired) electrons. The summed E-state index contributed by atoms with van der Waals surface area (Å²) in [6, 6.07) is 7.09. The van der Waals surface area contributed by atoms with Gasteiger partial charge in [-0.05, 0) is 59.7 Å². The molecule has 0 bridgehead atoms. The summed E-state index contributed by atoms with van der Waals surface area (Å²) in [4.78, 5) is 4.53. The molecule has 0 spiro atoms. The van der Waals surface area contributed by atoms with E-state index in [1.165, 1.54) is 6.07 Å². The lowest BCUT2D eigenvalue weighted by Gasteiger charge is -2.28. The Balaban J connectivity index is 2.55. The molecule has 2 unspecified atom stereocenters. The summed E-state index contributed by atoms with van der Waals surface area (Å²) < 4.78 is 14.0. The summed E-state index contributed by atoms with van der Waals surface area (Å²) in [6.07, 6.45) is 1.15. The van der Waals surface area contributed by atoms with E-state index in [1.54, 1.807) is 6.07 Å². The lowest BCUT2D eigenvalue weighted by atomic mass is 9.93. The fourth-order valence-corrected chi connectivity index (χ4v) is 2.82. The van der Waals surface area contributed by atoms with Gasteiger partial charge in [0.15, 0.2) is 0 Å². The van der Waals surface area contributed by atoms with Crippen LogP contribution in [-0.2, 0) is 0 Å². The normalized spacial score (nSPS) is 14.7. The summed E-state index contributed by atoms with van der Waals surface area (Å²) in [7, 11) is 8.23. The van der Waals surface area contributed by atoms with E-state index in [-0.39, 0.29) is 11.9 Å². The average molecular weight is 295 g/mol. The minimum Gasteiger partial charge on any atom is -0.313 e. The van der Waals surface area contributed by atoms with Gasteiger partial charge in [-0.3, -0.25) is 0 Å². The third kappa shape index (κ3) is 6.12. The van der Waals surface area contributed by atoms with Gasteiger partial charge in [-0.15, -0.1) is 0 Å². The molecule has 0 saturated carbocycles. The molecule has 0 aliphatic rings. The second-order valence-corrected chi connectivity index (χ2v) is 6.18. The van der Waals surface area contributed by atoms with Gasteiger partial charge in [0.1, 0.15) is 5.82 Å². The van der Waals surface area contributed by atoms with Gasteiger partial charge in [-0.25, -0.2) is 4.39 Å². The number of nitrogens with one attached hydrogen (secondary N) is 1. The summed E-state index contributed by atoms with van der Waals surface area (Å²) in [5.41, 5.74) is 0.759. The van der Waals surface area contributed by atoms with Crippen molar-refractivity contribution < 1.29 is 4.39 Å². The monoisotopic (exact) mass is 295 g/mol. The van der Waals surface area contributed by atoms with Crippen LogP contribution < -0.4 is 5.32 Å². The summed E-state index contributed by atoms with van der Waals surface area (Å²) in [6.45, 7) is 5.29. The fraction of sp³-hybridized carbons (Fsp3) is 0.647. The fourth-order valence-electron chi connectivity index (χ4n) is 2.82. The first kappa shape index (κ1) is 18.1. The molecule has 1 N–H and O–H groups in total. The van der Waals surface area contributed by atoms with Crippen molar-refractivity contribution >= 4 is 0 Å². The Morgan fingerprint density at radius 2 is 1.81 bits per heavy atom. The molecule has 0 aromatic heterocycles. The number of nitrogens with zero attached hydrogens (tertiary/aromatic N) is 2. The summed E-state index contributed by atoms with van der Waals surface area (Å²) in [5, 5.41) is 3.26. The number of hydrogen-bond acceptors (Lipinski definition) is 3. The van der Waals surface area contributed by atoms with Crippen molar-refractivity contribution in [3.05, 3.63) is 35.6 Å². The Morgan fingerprint density at radius 1 is 1.14 bits per heavy atom. The zero-order valence-corrected chi connectivity index (χ0v) is 14.1. The van der Waals surface area contributed by atoms with Crippen LogP contribution in [-0.4, -0.2) is 57.6 Å². The first-order chi connectivity index (χ1) is 9.95. The van der Waals surface area contributed by atoms with Gasteiger partial charge in [0.2, 0.25) is 0 Å². The second kappa shape index (κ2) is 9.13. The van der Waals surface area contributed by atoms with Crippen molar-refractivity contribution in [1.29, 1.82) is 0 Å². The molecule has 120 valence electrons. The maximum absolute atomic E-state index is 14.0. The Morgan fingerprint density at radius 3 is 2.38 bits per heavy atom. The molecule has 0 aliphatic heterocycles. The van der Waals surface area contributed by atoms with Crippen LogP contribution in [0.2, 0.25) is 0 Å². The molecule has 2 atom stereocenters. The molecule has 0 heterocycles. The molecule has 1 aromatic carbocycles. The molecule has 0 saturated heterocycles. The van der Waals surface area contributed by atoms with E-state index >= 15 is 0 Å². The van der Waals surface area contributed by atoms with Crippen LogP contribution in [0.25, 0.3) is 0 Å². The largest absolute Gasteiger partial charge is 0.313 e. The lowest BCUT2D eigenvalue weighted by Crippen LogP contribution is -2.34. The van der Waals surface area contributed by atoms with Crippen molar-refractivity contribution in [2.24, 2.45) is 5.92 Å². The maximum Gasteiger partial charge on any atom is 0.127 e. The molecular formula is C17H30FN3. The predicted octanol–water partition coefficient (Wildman–Crippen LogP) is 2.61. The van der Waals surface area contributed by atoms with E-state index in [9.17, 15) is 4.39 Å². The first-order valence-corrected chi connectivity index (χ1v) is 7.70. The van der Waals surface area contributed by atoms with E-state index < -0.39 is 0 Å². The van der Waals surface area contributed by atoms with Gasteiger partial charge in [0.05, 0.1) is 0 Å². The van der Waals surface area contributed by atoms with E-state index in [1.807, 2.05) is 19.2 Å². The predicted molar refractivity (Wildman–Crippen MR) is 88.0 cm³/mol. The third-order valence-corrected chi connectivity index (χ3v) is 3.87. The Hall–Kier alpha value is -0.970. The van der Waals surface area contributed by atoms with Crippen LogP contribution in [0.15, 0.2) is 24.3 Å². The molecule has 0 aliphatic carbocycles. The van der Waals surface area contributed by atoms with Crippen molar-refractivity contribution in [2.45, 2.75) is 19.4 Å². The zero-order valence-electron chi connectivity index (χ0n) is 14.1. The molecular weight excluding hydrogens is 265 g/mol. The number of benzene rings is 1. The Labute approximate surface area is 129 Å². The SMILES string of the molecule is CNC(c1ccccc1F)C(C)CN(C)CCCN(C)C. The summed E-state index contributed by atoms with van der Waals surface area (Å²) in [5.74, 6) is 0.218. The summed E-state index contributed by atoms with van der Waals surface area (Å²) >= 11 is 0. The van der Waals surface area contributed by atoms with Gasteiger partial charge in [-0.2, -0.15) is 0 Å². The van der Waals surface area contributed by atoms with Crippen molar-refractivity contribution in [1.82, 2.24) is 15.1 Å².